The Morgan fingerprint density at radius 1 is 1.41 bits per heavy atom. The number of rotatable bonds is 5. The summed E-state index contributed by atoms with van der Waals surface area (Å²) in [5, 5.41) is 5.81. The molecule has 7 heteroatoms. The molecule has 0 saturated heterocycles. The molecule has 0 aromatic heterocycles. The van der Waals surface area contributed by atoms with Gasteiger partial charge in [-0.3, -0.25) is 0 Å². The van der Waals surface area contributed by atoms with Crippen LogP contribution in [0.4, 0.5) is 4.79 Å². The molecule has 0 saturated carbocycles. The maximum absolute atomic E-state index is 12.4. The highest BCUT2D eigenvalue weighted by molar-refractivity contribution is 7.98. The van der Waals surface area contributed by atoms with E-state index in [2.05, 4.69) is 10.6 Å². The lowest BCUT2D eigenvalue weighted by atomic mass is 9.95. The van der Waals surface area contributed by atoms with E-state index in [1.54, 1.807) is 43.0 Å². The minimum Gasteiger partial charge on any atom is -0.461 e. The van der Waals surface area contributed by atoms with Gasteiger partial charge in [0, 0.05) is 16.5 Å². The van der Waals surface area contributed by atoms with Crippen molar-refractivity contribution in [1.82, 2.24) is 10.6 Å². The van der Waals surface area contributed by atoms with E-state index in [1.807, 2.05) is 6.26 Å². The second-order valence-electron chi connectivity index (χ2n) is 4.72. The van der Waals surface area contributed by atoms with Crippen LogP contribution in [0.3, 0.4) is 0 Å². The molecule has 2 rings (SSSR count). The minimum absolute atomic E-state index is 0.319. The summed E-state index contributed by atoms with van der Waals surface area (Å²) < 4.78 is 5.27. The van der Waals surface area contributed by atoms with Gasteiger partial charge in [-0.25, -0.2) is 9.59 Å². The average molecular weight is 341 g/mol. The van der Waals surface area contributed by atoms with Crippen LogP contribution in [-0.2, 0) is 9.53 Å². The van der Waals surface area contributed by atoms with Gasteiger partial charge in [-0.05, 0) is 24.8 Å². The van der Waals surface area contributed by atoms with Crippen molar-refractivity contribution in [3.63, 3.8) is 0 Å². The van der Waals surface area contributed by atoms with E-state index in [4.69, 9.17) is 16.3 Å². The predicted molar refractivity (Wildman–Crippen MR) is 87.9 cm³/mol. The number of hydrogen-bond donors (Lipinski definition) is 2. The van der Waals surface area contributed by atoms with Crippen molar-refractivity contribution in [2.24, 2.45) is 0 Å². The lowest BCUT2D eigenvalue weighted by Gasteiger charge is -2.28. The van der Waals surface area contributed by atoms with E-state index in [0.717, 1.165) is 0 Å². The lowest BCUT2D eigenvalue weighted by Crippen LogP contribution is -2.45. The molecule has 2 amide bonds. The van der Waals surface area contributed by atoms with Crippen molar-refractivity contribution in [2.75, 3.05) is 18.6 Å². The molecule has 1 aromatic rings. The summed E-state index contributed by atoms with van der Waals surface area (Å²) in [6.07, 6.45) is 1.94. The van der Waals surface area contributed by atoms with Gasteiger partial charge in [-0.15, -0.1) is 0 Å². The SMILES string of the molecule is CSCCOC(=O)C1=C(C)NC(=O)N[C@H]1c1ccccc1Cl. The fraction of sp³-hybridized carbons (Fsp3) is 0.333. The Morgan fingerprint density at radius 3 is 2.82 bits per heavy atom. The molecule has 0 radical (unpaired) electrons. The number of nitrogens with one attached hydrogen (secondary N) is 2. The van der Waals surface area contributed by atoms with E-state index >= 15 is 0 Å². The van der Waals surface area contributed by atoms with E-state index in [9.17, 15) is 9.59 Å². The van der Waals surface area contributed by atoms with Crippen molar-refractivity contribution < 1.29 is 14.3 Å². The number of urea groups is 1. The summed E-state index contributed by atoms with van der Waals surface area (Å²) in [7, 11) is 0. The molecule has 0 fully saturated rings. The maximum Gasteiger partial charge on any atom is 0.338 e. The summed E-state index contributed by atoms with van der Waals surface area (Å²) in [5.74, 6) is 0.262. The first-order chi connectivity index (χ1) is 10.5. The molecule has 22 heavy (non-hydrogen) atoms. The monoisotopic (exact) mass is 340 g/mol. The third-order valence-corrected chi connectivity index (χ3v) is 4.15. The van der Waals surface area contributed by atoms with Crippen LogP contribution in [0.15, 0.2) is 35.5 Å². The molecular formula is C15H17ClN2O3S. The number of ether oxygens (including phenoxy) is 1. The van der Waals surface area contributed by atoms with Gasteiger partial charge in [0.15, 0.2) is 0 Å². The zero-order chi connectivity index (χ0) is 16.1. The average Bonchev–Trinajstić information content (AvgIpc) is 2.47. The normalized spacial score (nSPS) is 17.8. The van der Waals surface area contributed by atoms with Crippen molar-refractivity contribution in [2.45, 2.75) is 13.0 Å². The zero-order valence-corrected chi connectivity index (χ0v) is 13.9. The molecule has 1 atom stereocenters. The number of benzene rings is 1. The van der Waals surface area contributed by atoms with E-state index in [1.165, 1.54) is 0 Å². The summed E-state index contributed by atoms with van der Waals surface area (Å²) >= 11 is 7.79. The standard InChI is InChI=1S/C15H17ClN2O3S/c1-9-12(14(19)21-7-8-22-2)13(18-15(20)17-9)10-5-3-4-6-11(10)16/h3-6,13H,7-8H2,1-2H3,(H2,17,18,20)/t13-/m0/s1. The molecule has 0 aliphatic carbocycles. The molecule has 5 nitrogen and oxygen atoms in total. The van der Waals surface area contributed by atoms with Crippen molar-refractivity contribution >= 4 is 35.4 Å². The van der Waals surface area contributed by atoms with Crippen molar-refractivity contribution in [3.05, 3.63) is 46.1 Å². The molecule has 2 N–H and O–H groups in total. The van der Waals surface area contributed by atoms with Crippen LogP contribution in [0.5, 0.6) is 0 Å². The first kappa shape index (κ1) is 16.7. The van der Waals surface area contributed by atoms with Crippen LogP contribution in [0, 0.1) is 0 Å². The van der Waals surface area contributed by atoms with Gasteiger partial charge in [-0.2, -0.15) is 11.8 Å². The van der Waals surface area contributed by atoms with Gasteiger partial charge in [-0.1, -0.05) is 29.8 Å². The first-order valence-corrected chi connectivity index (χ1v) is 8.50. The van der Waals surface area contributed by atoms with Crippen molar-refractivity contribution in [1.29, 1.82) is 0 Å². The van der Waals surface area contributed by atoms with Gasteiger partial charge >= 0.3 is 12.0 Å². The Hall–Kier alpha value is -1.66. The second kappa shape index (κ2) is 7.56. The number of thioether (sulfide) groups is 1. The first-order valence-electron chi connectivity index (χ1n) is 6.73. The number of carbonyl (C=O) groups is 2. The highest BCUT2D eigenvalue weighted by Gasteiger charge is 2.33. The third-order valence-electron chi connectivity index (χ3n) is 3.23. The largest absolute Gasteiger partial charge is 0.461 e. The Balaban J connectivity index is 2.33. The number of halogens is 1. The zero-order valence-electron chi connectivity index (χ0n) is 12.3. The van der Waals surface area contributed by atoms with Crippen LogP contribution in [0.1, 0.15) is 18.5 Å². The van der Waals surface area contributed by atoms with Gasteiger partial charge in [0.2, 0.25) is 0 Å². The fourth-order valence-corrected chi connectivity index (χ4v) is 2.70. The summed E-state index contributed by atoms with van der Waals surface area (Å²) in [4.78, 5) is 24.1. The topological polar surface area (TPSA) is 67.4 Å². The van der Waals surface area contributed by atoms with Crippen LogP contribution < -0.4 is 10.6 Å². The van der Waals surface area contributed by atoms with E-state index in [-0.39, 0.29) is 6.03 Å². The number of esters is 1. The number of carbonyl (C=O) groups excluding carboxylic acids is 2. The lowest BCUT2D eigenvalue weighted by molar-refractivity contribution is -0.138. The summed E-state index contributed by atoms with van der Waals surface area (Å²) in [6.45, 7) is 1.99. The van der Waals surface area contributed by atoms with Crippen LogP contribution in [-0.4, -0.2) is 30.6 Å². The molecule has 1 heterocycles. The van der Waals surface area contributed by atoms with Crippen LogP contribution >= 0.6 is 23.4 Å². The van der Waals surface area contributed by atoms with E-state index in [0.29, 0.717) is 34.2 Å². The molecule has 1 aromatic carbocycles. The fourth-order valence-electron chi connectivity index (χ4n) is 2.20. The Morgan fingerprint density at radius 2 is 2.14 bits per heavy atom. The van der Waals surface area contributed by atoms with Crippen LogP contribution in [0.2, 0.25) is 5.02 Å². The molecule has 118 valence electrons. The smallest absolute Gasteiger partial charge is 0.338 e. The second-order valence-corrected chi connectivity index (χ2v) is 6.11. The predicted octanol–water partition coefficient (Wildman–Crippen LogP) is 2.87. The Labute approximate surface area is 138 Å². The molecular weight excluding hydrogens is 324 g/mol. The minimum atomic E-state index is -0.621. The summed E-state index contributed by atoms with van der Waals surface area (Å²) in [5.41, 5.74) is 1.51. The number of hydrogen-bond acceptors (Lipinski definition) is 4. The highest BCUT2D eigenvalue weighted by atomic mass is 35.5. The Kier molecular flexibility index (Phi) is 5.74. The number of amides is 2. The molecule has 1 aliphatic rings. The highest BCUT2D eigenvalue weighted by Crippen LogP contribution is 2.31. The summed E-state index contributed by atoms with van der Waals surface area (Å²) in [6, 6.07) is 6.11. The number of allylic oxidation sites excluding steroid dienone is 1. The molecule has 0 unspecified atom stereocenters. The quantitative estimate of drug-likeness (QED) is 0.639. The molecule has 0 spiro atoms. The molecule has 0 bridgehead atoms. The van der Waals surface area contributed by atoms with Gasteiger partial charge < -0.3 is 15.4 Å². The van der Waals surface area contributed by atoms with E-state index < -0.39 is 12.0 Å². The van der Waals surface area contributed by atoms with Gasteiger partial charge in [0.1, 0.15) is 6.61 Å². The molecule has 1 aliphatic heterocycles. The van der Waals surface area contributed by atoms with Gasteiger partial charge in [0.25, 0.3) is 0 Å². The van der Waals surface area contributed by atoms with Crippen molar-refractivity contribution in [3.8, 4) is 0 Å². The maximum atomic E-state index is 12.4. The Bertz CT molecular complexity index is 619. The third kappa shape index (κ3) is 3.75. The van der Waals surface area contributed by atoms with Gasteiger partial charge in [0.05, 0.1) is 11.6 Å². The van der Waals surface area contributed by atoms with Crippen LogP contribution in [0.25, 0.3) is 0 Å².